The molecular formula is C17H27NO6. The minimum absolute atomic E-state index is 0.0151. The van der Waals surface area contributed by atoms with E-state index in [0.29, 0.717) is 26.2 Å². The van der Waals surface area contributed by atoms with E-state index in [-0.39, 0.29) is 29.6 Å². The lowest BCUT2D eigenvalue weighted by Gasteiger charge is -2.37. The predicted molar refractivity (Wildman–Crippen MR) is 83.9 cm³/mol. The lowest BCUT2D eigenvalue weighted by Crippen LogP contribution is -2.48. The molecule has 7 heteroatoms. The van der Waals surface area contributed by atoms with Gasteiger partial charge in [-0.1, -0.05) is 0 Å². The third-order valence-corrected chi connectivity index (χ3v) is 4.75. The summed E-state index contributed by atoms with van der Waals surface area (Å²) < 4.78 is 16.9. The normalized spacial score (nSPS) is 35.9. The molecule has 136 valence electrons. The summed E-state index contributed by atoms with van der Waals surface area (Å²) in [5.74, 6) is -0.620. The van der Waals surface area contributed by atoms with E-state index in [4.69, 9.17) is 19.0 Å². The monoisotopic (exact) mass is 341 g/mol. The highest BCUT2D eigenvalue weighted by Crippen LogP contribution is 2.43. The number of carbonyl (C=O) groups is 2. The van der Waals surface area contributed by atoms with Crippen LogP contribution in [0.4, 0.5) is 4.79 Å². The third kappa shape index (κ3) is 3.58. The molecule has 0 aromatic heterocycles. The molecule has 1 saturated carbocycles. The van der Waals surface area contributed by atoms with Crippen LogP contribution in [-0.2, 0) is 23.8 Å². The molecule has 24 heavy (non-hydrogen) atoms. The van der Waals surface area contributed by atoms with Crippen LogP contribution in [0.3, 0.4) is 0 Å². The van der Waals surface area contributed by atoms with E-state index in [1.165, 1.54) is 5.06 Å². The first-order chi connectivity index (χ1) is 11.1. The van der Waals surface area contributed by atoms with Gasteiger partial charge in [-0.05, 0) is 46.5 Å². The Morgan fingerprint density at radius 3 is 2.58 bits per heavy atom. The Morgan fingerprint density at radius 2 is 2.00 bits per heavy atom. The van der Waals surface area contributed by atoms with Gasteiger partial charge in [-0.3, -0.25) is 9.63 Å². The zero-order valence-corrected chi connectivity index (χ0v) is 15.0. The largest absolute Gasteiger partial charge is 0.442 e. The van der Waals surface area contributed by atoms with Gasteiger partial charge in [-0.15, -0.1) is 0 Å². The fraction of sp³-hybridized carbons (Fsp3) is 0.882. The molecule has 4 atom stereocenters. The van der Waals surface area contributed by atoms with Crippen molar-refractivity contribution < 1.29 is 28.6 Å². The van der Waals surface area contributed by atoms with Gasteiger partial charge in [0.1, 0.15) is 11.4 Å². The molecule has 7 nitrogen and oxygen atoms in total. The van der Waals surface area contributed by atoms with Crippen LogP contribution >= 0.6 is 0 Å². The molecule has 2 aliphatic heterocycles. The van der Waals surface area contributed by atoms with E-state index in [1.807, 2.05) is 34.6 Å². The number of Topliss-reactive ketones (excluding diaryl/α,β-unsaturated/α-hetero) is 1. The minimum atomic E-state index is -0.668. The van der Waals surface area contributed by atoms with Crippen LogP contribution in [0.5, 0.6) is 0 Å². The van der Waals surface area contributed by atoms with Crippen molar-refractivity contribution in [2.75, 3.05) is 19.8 Å². The number of carbonyl (C=O) groups excluding carboxylic acids is 2. The first kappa shape index (κ1) is 17.6. The Kier molecular flexibility index (Phi) is 4.38. The third-order valence-electron chi connectivity index (χ3n) is 4.75. The van der Waals surface area contributed by atoms with Gasteiger partial charge in [-0.25, -0.2) is 4.79 Å². The van der Waals surface area contributed by atoms with E-state index in [9.17, 15) is 9.59 Å². The van der Waals surface area contributed by atoms with Crippen molar-refractivity contribution in [3.63, 3.8) is 0 Å². The molecule has 2 heterocycles. The Hall–Kier alpha value is -1.18. The Bertz CT molecular complexity index is 526. The summed E-state index contributed by atoms with van der Waals surface area (Å²) in [4.78, 5) is 30.3. The van der Waals surface area contributed by atoms with Gasteiger partial charge < -0.3 is 14.2 Å². The standard InChI is InChI=1S/C17H27NO6/c1-16(2,3)24-15(20)18-7-11-10(8-22-18)6-12(19)14(11)13-9-21-17(4,5)23-13/h10-11,13-14H,6-9H2,1-5H3/t10-,11+,13+,14+/m0/s1. The summed E-state index contributed by atoms with van der Waals surface area (Å²) in [5, 5.41) is 1.25. The topological polar surface area (TPSA) is 74.3 Å². The number of ether oxygens (including phenoxy) is 3. The summed E-state index contributed by atoms with van der Waals surface area (Å²) in [6.45, 7) is 10.2. The highest BCUT2D eigenvalue weighted by atomic mass is 16.7. The number of rotatable bonds is 1. The molecule has 0 spiro atoms. The zero-order valence-electron chi connectivity index (χ0n) is 15.0. The smallest absolute Gasteiger partial charge is 0.434 e. The average Bonchev–Trinajstić information content (AvgIpc) is 2.94. The Morgan fingerprint density at radius 1 is 1.29 bits per heavy atom. The fourth-order valence-electron chi connectivity index (χ4n) is 3.77. The van der Waals surface area contributed by atoms with Gasteiger partial charge in [0.05, 0.1) is 31.8 Å². The maximum atomic E-state index is 12.5. The first-order valence-electron chi connectivity index (χ1n) is 8.54. The second-order valence-electron chi connectivity index (χ2n) is 8.32. The molecular weight excluding hydrogens is 314 g/mol. The molecule has 1 aliphatic carbocycles. The van der Waals surface area contributed by atoms with Crippen molar-refractivity contribution in [3.05, 3.63) is 0 Å². The number of hydrogen-bond acceptors (Lipinski definition) is 6. The molecule has 0 radical (unpaired) electrons. The summed E-state index contributed by atoms with van der Waals surface area (Å²) in [6.07, 6.45) is -0.304. The van der Waals surface area contributed by atoms with Gasteiger partial charge in [-0.2, -0.15) is 5.06 Å². The van der Waals surface area contributed by atoms with Crippen LogP contribution < -0.4 is 0 Å². The van der Waals surface area contributed by atoms with Gasteiger partial charge in [0.2, 0.25) is 0 Å². The summed E-state index contributed by atoms with van der Waals surface area (Å²) in [6, 6.07) is 0. The lowest BCUT2D eigenvalue weighted by molar-refractivity contribution is -0.201. The fourth-order valence-corrected chi connectivity index (χ4v) is 3.77. The molecule has 2 saturated heterocycles. The molecule has 0 unspecified atom stereocenters. The number of nitrogens with zero attached hydrogens (tertiary/aromatic N) is 1. The van der Waals surface area contributed by atoms with Crippen LogP contribution in [-0.4, -0.2) is 54.2 Å². The zero-order chi connectivity index (χ0) is 17.7. The first-order valence-corrected chi connectivity index (χ1v) is 8.54. The number of fused-ring (bicyclic) bond motifs is 1. The summed E-state index contributed by atoms with van der Waals surface area (Å²) in [7, 11) is 0. The van der Waals surface area contributed by atoms with E-state index < -0.39 is 17.5 Å². The second-order valence-corrected chi connectivity index (χ2v) is 8.32. The van der Waals surface area contributed by atoms with Crippen LogP contribution in [0.1, 0.15) is 41.0 Å². The SMILES string of the molecule is CC(C)(C)OC(=O)N1C[C@@H]2[C@H](CO1)CC(=O)[C@@H]2[C@H]1COC(C)(C)O1. The quantitative estimate of drug-likeness (QED) is 0.727. The molecule has 3 aliphatic rings. The van der Waals surface area contributed by atoms with Crippen LogP contribution in [0, 0.1) is 17.8 Å². The van der Waals surface area contributed by atoms with Crippen LogP contribution in [0.25, 0.3) is 0 Å². The maximum absolute atomic E-state index is 12.5. The number of hydrogen-bond donors (Lipinski definition) is 0. The molecule has 0 N–H and O–H groups in total. The van der Waals surface area contributed by atoms with Crippen molar-refractivity contribution in [2.45, 2.75) is 58.5 Å². The van der Waals surface area contributed by atoms with Crippen molar-refractivity contribution in [1.29, 1.82) is 0 Å². The Labute approximate surface area is 142 Å². The summed E-state index contributed by atoms with van der Waals surface area (Å²) in [5.41, 5.74) is -0.589. The highest BCUT2D eigenvalue weighted by molar-refractivity contribution is 5.85. The lowest BCUT2D eigenvalue weighted by atomic mass is 9.85. The van der Waals surface area contributed by atoms with E-state index in [1.54, 1.807) is 0 Å². The molecule has 0 aromatic rings. The van der Waals surface area contributed by atoms with Gasteiger partial charge in [0, 0.05) is 6.42 Å². The molecule has 3 fully saturated rings. The van der Waals surface area contributed by atoms with Crippen LogP contribution in [0.15, 0.2) is 0 Å². The highest BCUT2D eigenvalue weighted by Gasteiger charge is 2.53. The number of ketones is 1. The molecule has 0 bridgehead atoms. The Balaban J connectivity index is 1.70. The van der Waals surface area contributed by atoms with Crippen molar-refractivity contribution in [3.8, 4) is 0 Å². The number of amides is 1. The molecule has 0 aromatic carbocycles. The maximum Gasteiger partial charge on any atom is 0.434 e. The van der Waals surface area contributed by atoms with E-state index in [2.05, 4.69) is 0 Å². The van der Waals surface area contributed by atoms with Crippen LogP contribution in [0.2, 0.25) is 0 Å². The number of hydroxylamine groups is 2. The molecule has 1 amide bonds. The second kappa shape index (κ2) is 5.97. The van der Waals surface area contributed by atoms with Gasteiger partial charge in [0.25, 0.3) is 0 Å². The summed E-state index contributed by atoms with van der Waals surface area (Å²) >= 11 is 0. The van der Waals surface area contributed by atoms with E-state index >= 15 is 0 Å². The van der Waals surface area contributed by atoms with Crippen molar-refractivity contribution in [2.24, 2.45) is 17.8 Å². The van der Waals surface area contributed by atoms with Gasteiger partial charge in [0.15, 0.2) is 5.79 Å². The molecule has 3 rings (SSSR count). The van der Waals surface area contributed by atoms with Gasteiger partial charge >= 0.3 is 6.09 Å². The van der Waals surface area contributed by atoms with Crippen molar-refractivity contribution in [1.82, 2.24) is 5.06 Å². The predicted octanol–water partition coefficient (Wildman–Crippen LogP) is 2.14. The average molecular weight is 341 g/mol. The minimum Gasteiger partial charge on any atom is -0.442 e. The van der Waals surface area contributed by atoms with Crippen molar-refractivity contribution >= 4 is 11.9 Å². The van der Waals surface area contributed by atoms with E-state index in [0.717, 1.165) is 0 Å².